The highest BCUT2D eigenvalue weighted by Crippen LogP contribution is 2.29. The van der Waals surface area contributed by atoms with Crippen molar-refractivity contribution in [3.63, 3.8) is 0 Å². The monoisotopic (exact) mass is 294 g/mol. The minimum absolute atomic E-state index is 0.0642. The van der Waals surface area contributed by atoms with Crippen molar-refractivity contribution in [3.05, 3.63) is 18.0 Å². The minimum Gasteiger partial charge on any atom is -0.374 e. The van der Waals surface area contributed by atoms with E-state index in [1.54, 1.807) is 0 Å². The zero-order valence-electron chi connectivity index (χ0n) is 13.6. The molecule has 1 saturated carbocycles. The van der Waals surface area contributed by atoms with Crippen LogP contribution in [0.1, 0.15) is 64.6 Å². The molecule has 0 aromatic carbocycles. The third kappa shape index (κ3) is 3.84. The van der Waals surface area contributed by atoms with E-state index in [-0.39, 0.29) is 11.6 Å². The van der Waals surface area contributed by atoms with Crippen LogP contribution in [0.5, 0.6) is 0 Å². The number of nitrogens with zero attached hydrogens (tertiary/aromatic N) is 2. The van der Waals surface area contributed by atoms with Crippen molar-refractivity contribution in [2.24, 2.45) is 5.84 Å². The molecule has 0 saturated heterocycles. The Balaban J connectivity index is 2.04. The van der Waals surface area contributed by atoms with Gasteiger partial charge >= 0.3 is 0 Å². The molecule has 1 aliphatic rings. The Morgan fingerprint density at radius 3 is 2.76 bits per heavy atom. The molecule has 1 heterocycles. The lowest BCUT2D eigenvalue weighted by Gasteiger charge is -2.36. The van der Waals surface area contributed by atoms with Crippen molar-refractivity contribution in [2.45, 2.75) is 77.0 Å². The zero-order valence-corrected chi connectivity index (χ0v) is 13.6. The number of rotatable bonds is 8. The van der Waals surface area contributed by atoms with E-state index in [1.165, 1.54) is 25.7 Å². The first-order valence-electron chi connectivity index (χ1n) is 8.27. The Kier molecular flexibility index (Phi) is 5.79. The maximum atomic E-state index is 5.93. The number of hydrazine groups is 1. The standard InChI is InChI=1S/C16H30N4O/c1-4-16(3,21-5-2)15(18-17)12-13-10-11-20(19-13)14-8-6-7-9-14/h10-11,14-15,18H,4-9,12,17H2,1-3H3. The molecule has 0 bridgehead atoms. The average molecular weight is 294 g/mol. The molecule has 0 amide bonds. The first kappa shape index (κ1) is 16.5. The second kappa shape index (κ2) is 7.38. The maximum absolute atomic E-state index is 5.93. The van der Waals surface area contributed by atoms with Gasteiger partial charge in [0.05, 0.1) is 23.4 Å². The molecule has 2 unspecified atom stereocenters. The van der Waals surface area contributed by atoms with Crippen LogP contribution in [0, 0.1) is 0 Å². The number of nitrogens with two attached hydrogens (primary N) is 1. The van der Waals surface area contributed by atoms with Crippen LogP contribution in [0.25, 0.3) is 0 Å². The predicted octanol–water partition coefficient (Wildman–Crippen LogP) is 2.58. The molecule has 1 aromatic heterocycles. The van der Waals surface area contributed by atoms with Gasteiger partial charge in [-0.1, -0.05) is 19.8 Å². The Labute approximate surface area is 128 Å². The van der Waals surface area contributed by atoms with Crippen LogP contribution >= 0.6 is 0 Å². The molecule has 5 nitrogen and oxygen atoms in total. The highest BCUT2D eigenvalue weighted by Gasteiger charge is 2.33. The van der Waals surface area contributed by atoms with Gasteiger partial charge in [-0.15, -0.1) is 0 Å². The molecular weight excluding hydrogens is 264 g/mol. The molecule has 3 N–H and O–H groups in total. The number of hydrogen-bond acceptors (Lipinski definition) is 4. The van der Waals surface area contributed by atoms with Gasteiger partial charge in [0.2, 0.25) is 0 Å². The number of nitrogens with one attached hydrogen (secondary N) is 1. The molecule has 120 valence electrons. The summed E-state index contributed by atoms with van der Waals surface area (Å²) in [5.74, 6) is 5.78. The van der Waals surface area contributed by atoms with Crippen molar-refractivity contribution in [1.29, 1.82) is 0 Å². The second-order valence-electron chi connectivity index (χ2n) is 6.25. The van der Waals surface area contributed by atoms with Gasteiger partial charge in [0.1, 0.15) is 0 Å². The summed E-state index contributed by atoms with van der Waals surface area (Å²) in [6, 6.07) is 2.77. The summed E-state index contributed by atoms with van der Waals surface area (Å²) >= 11 is 0. The van der Waals surface area contributed by atoms with Crippen molar-refractivity contribution in [3.8, 4) is 0 Å². The third-order valence-electron chi connectivity index (χ3n) is 4.89. The molecule has 21 heavy (non-hydrogen) atoms. The molecular formula is C16H30N4O. The third-order valence-corrected chi connectivity index (χ3v) is 4.89. The topological polar surface area (TPSA) is 65.1 Å². The Morgan fingerprint density at radius 1 is 1.48 bits per heavy atom. The van der Waals surface area contributed by atoms with Crippen LogP contribution in [0.4, 0.5) is 0 Å². The van der Waals surface area contributed by atoms with E-state index in [4.69, 9.17) is 15.7 Å². The summed E-state index contributed by atoms with van der Waals surface area (Å²) in [7, 11) is 0. The number of ether oxygens (including phenoxy) is 1. The van der Waals surface area contributed by atoms with Crippen molar-refractivity contribution in [2.75, 3.05) is 6.61 Å². The van der Waals surface area contributed by atoms with Gasteiger partial charge in [0.15, 0.2) is 0 Å². The van der Waals surface area contributed by atoms with Gasteiger partial charge in [-0.3, -0.25) is 16.0 Å². The van der Waals surface area contributed by atoms with Gasteiger partial charge in [0, 0.05) is 19.2 Å². The van der Waals surface area contributed by atoms with Gasteiger partial charge in [-0.25, -0.2) is 0 Å². The fourth-order valence-electron chi connectivity index (χ4n) is 3.30. The highest BCUT2D eigenvalue weighted by molar-refractivity contribution is 5.05. The lowest BCUT2D eigenvalue weighted by atomic mass is 9.90. The largest absolute Gasteiger partial charge is 0.374 e. The van der Waals surface area contributed by atoms with Crippen LogP contribution in [0.3, 0.4) is 0 Å². The lowest BCUT2D eigenvalue weighted by Crippen LogP contribution is -2.54. The fourth-order valence-corrected chi connectivity index (χ4v) is 3.30. The van der Waals surface area contributed by atoms with E-state index in [0.29, 0.717) is 12.6 Å². The Morgan fingerprint density at radius 2 is 2.19 bits per heavy atom. The van der Waals surface area contributed by atoms with Crippen LogP contribution in [-0.2, 0) is 11.2 Å². The van der Waals surface area contributed by atoms with E-state index in [9.17, 15) is 0 Å². The first-order chi connectivity index (χ1) is 10.1. The summed E-state index contributed by atoms with van der Waals surface area (Å²) in [4.78, 5) is 0. The predicted molar refractivity (Wildman–Crippen MR) is 84.9 cm³/mol. The van der Waals surface area contributed by atoms with Gasteiger partial charge < -0.3 is 4.74 Å². The lowest BCUT2D eigenvalue weighted by molar-refractivity contribution is -0.0553. The quantitative estimate of drug-likeness (QED) is 0.571. The second-order valence-corrected chi connectivity index (χ2v) is 6.25. The van der Waals surface area contributed by atoms with E-state index in [2.05, 4.69) is 36.2 Å². The molecule has 0 spiro atoms. The maximum Gasteiger partial charge on any atom is 0.0821 e. The van der Waals surface area contributed by atoms with Crippen molar-refractivity contribution < 1.29 is 4.74 Å². The number of aromatic nitrogens is 2. The normalized spacial score (nSPS) is 20.6. The Bertz CT molecular complexity index is 428. The van der Waals surface area contributed by atoms with E-state index in [0.717, 1.165) is 18.5 Å². The summed E-state index contributed by atoms with van der Waals surface area (Å²) in [6.45, 7) is 6.97. The molecule has 2 atom stereocenters. The molecule has 1 aromatic rings. The summed E-state index contributed by atoms with van der Waals surface area (Å²) < 4.78 is 8.07. The molecule has 0 radical (unpaired) electrons. The SMILES string of the molecule is CCOC(C)(CC)C(Cc1ccn(C2CCCC2)n1)NN. The molecule has 5 heteroatoms. The first-order valence-corrected chi connectivity index (χ1v) is 8.27. The van der Waals surface area contributed by atoms with E-state index < -0.39 is 0 Å². The summed E-state index contributed by atoms with van der Waals surface area (Å²) in [5.41, 5.74) is 3.76. The Hall–Kier alpha value is -0.910. The van der Waals surface area contributed by atoms with Crippen LogP contribution < -0.4 is 11.3 Å². The van der Waals surface area contributed by atoms with Crippen molar-refractivity contribution >= 4 is 0 Å². The summed E-state index contributed by atoms with van der Waals surface area (Å²) in [5, 5.41) is 4.75. The van der Waals surface area contributed by atoms with Crippen LogP contribution in [0.2, 0.25) is 0 Å². The molecule has 0 aliphatic heterocycles. The number of hydrogen-bond donors (Lipinski definition) is 2. The van der Waals surface area contributed by atoms with Gasteiger partial charge in [-0.2, -0.15) is 5.10 Å². The van der Waals surface area contributed by atoms with Gasteiger partial charge in [0.25, 0.3) is 0 Å². The van der Waals surface area contributed by atoms with Crippen LogP contribution in [-0.4, -0.2) is 28.0 Å². The van der Waals surface area contributed by atoms with Gasteiger partial charge in [-0.05, 0) is 39.2 Å². The van der Waals surface area contributed by atoms with E-state index >= 15 is 0 Å². The fraction of sp³-hybridized carbons (Fsp3) is 0.812. The van der Waals surface area contributed by atoms with E-state index in [1.807, 2.05) is 6.92 Å². The zero-order chi connectivity index (χ0) is 15.3. The minimum atomic E-state index is -0.263. The molecule has 1 aliphatic carbocycles. The molecule has 2 rings (SSSR count). The van der Waals surface area contributed by atoms with Crippen molar-refractivity contribution in [1.82, 2.24) is 15.2 Å². The smallest absolute Gasteiger partial charge is 0.0821 e. The highest BCUT2D eigenvalue weighted by atomic mass is 16.5. The average Bonchev–Trinajstić information content (AvgIpc) is 3.15. The summed E-state index contributed by atoms with van der Waals surface area (Å²) in [6.07, 6.45) is 8.98. The van der Waals surface area contributed by atoms with Crippen LogP contribution in [0.15, 0.2) is 12.3 Å². The molecule has 1 fully saturated rings.